The molecule has 0 aliphatic rings. The molecule has 0 spiro atoms. The number of imidazole rings is 1. The van der Waals surface area contributed by atoms with Crippen molar-refractivity contribution in [1.82, 2.24) is 25.2 Å². The third-order valence-corrected chi connectivity index (χ3v) is 3.88. The lowest BCUT2D eigenvalue weighted by Gasteiger charge is -2.27. The van der Waals surface area contributed by atoms with Gasteiger partial charge in [-0.2, -0.15) is 0 Å². The van der Waals surface area contributed by atoms with Gasteiger partial charge >= 0.3 is 6.03 Å². The number of hydrogen-bond acceptors (Lipinski definition) is 4. The molecule has 23 heavy (non-hydrogen) atoms. The normalized spacial score (nSPS) is 13.6. The van der Waals surface area contributed by atoms with Gasteiger partial charge in [-0.15, -0.1) is 0 Å². The van der Waals surface area contributed by atoms with E-state index in [4.69, 9.17) is 0 Å². The second kappa shape index (κ2) is 7.23. The standard InChI is InChI=1S/C16H23N5O2/c1-12(2)16(3,23)10-20-15(22)19-9-13-4-5-18-14(8-13)21-7-6-17-11-21/h4-8,11-12,23H,9-10H2,1-3H3,(H2,19,20,22). The van der Waals surface area contributed by atoms with Gasteiger partial charge in [0.2, 0.25) is 0 Å². The van der Waals surface area contributed by atoms with E-state index in [1.165, 1.54) is 0 Å². The molecule has 1 atom stereocenters. The van der Waals surface area contributed by atoms with E-state index < -0.39 is 5.60 Å². The van der Waals surface area contributed by atoms with Crippen LogP contribution in [0.4, 0.5) is 4.79 Å². The van der Waals surface area contributed by atoms with Gasteiger partial charge in [-0.25, -0.2) is 14.8 Å². The summed E-state index contributed by atoms with van der Waals surface area (Å²) < 4.78 is 1.80. The van der Waals surface area contributed by atoms with Crippen LogP contribution in [0.2, 0.25) is 0 Å². The Balaban J connectivity index is 1.86. The number of hydrogen-bond donors (Lipinski definition) is 3. The number of rotatable bonds is 6. The van der Waals surface area contributed by atoms with Gasteiger partial charge in [-0.1, -0.05) is 13.8 Å². The van der Waals surface area contributed by atoms with Crippen LogP contribution in [0.3, 0.4) is 0 Å². The summed E-state index contributed by atoms with van der Waals surface area (Å²) in [5.74, 6) is 0.797. The molecule has 2 rings (SSSR count). The van der Waals surface area contributed by atoms with Crippen LogP contribution in [0, 0.1) is 5.92 Å². The van der Waals surface area contributed by atoms with Crippen LogP contribution in [-0.4, -0.2) is 37.8 Å². The molecule has 0 bridgehead atoms. The van der Waals surface area contributed by atoms with E-state index in [9.17, 15) is 9.90 Å². The lowest BCUT2D eigenvalue weighted by atomic mass is 9.93. The van der Waals surface area contributed by atoms with E-state index in [1.807, 2.05) is 26.0 Å². The second-order valence-corrected chi connectivity index (χ2v) is 6.04. The van der Waals surface area contributed by atoms with Crippen molar-refractivity contribution < 1.29 is 9.90 Å². The molecule has 0 aliphatic heterocycles. The third kappa shape index (κ3) is 4.79. The first kappa shape index (κ1) is 17.0. The fraction of sp³-hybridized carbons (Fsp3) is 0.438. The van der Waals surface area contributed by atoms with Crippen LogP contribution in [0.15, 0.2) is 37.1 Å². The van der Waals surface area contributed by atoms with Crippen molar-refractivity contribution in [3.63, 3.8) is 0 Å². The number of nitrogens with one attached hydrogen (secondary N) is 2. The van der Waals surface area contributed by atoms with Crippen molar-refractivity contribution >= 4 is 6.03 Å². The van der Waals surface area contributed by atoms with Gasteiger partial charge in [0.15, 0.2) is 0 Å². The molecule has 2 amide bonds. The highest BCUT2D eigenvalue weighted by atomic mass is 16.3. The maximum Gasteiger partial charge on any atom is 0.315 e. The summed E-state index contributed by atoms with van der Waals surface area (Å²) in [5.41, 5.74) is -0.00254. The molecule has 2 aromatic heterocycles. The number of aliphatic hydroxyl groups is 1. The van der Waals surface area contributed by atoms with Gasteiger partial charge in [0.25, 0.3) is 0 Å². The predicted molar refractivity (Wildman–Crippen MR) is 87.1 cm³/mol. The molecule has 2 aromatic rings. The van der Waals surface area contributed by atoms with Crippen molar-refractivity contribution in [2.24, 2.45) is 5.92 Å². The highest BCUT2D eigenvalue weighted by molar-refractivity contribution is 5.73. The van der Waals surface area contributed by atoms with Gasteiger partial charge in [0.05, 0.1) is 5.60 Å². The minimum atomic E-state index is -0.928. The molecule has 0 aromatic carbocycles. The van der Waals surface area contributed by atoms with Gasteiger partial charge < -0.3 is 15.7 Å². The molecular weight excluding hydrogens is 294 g/mol. The van der Waals surface area contributed by atoms with Crippen LogP contribution in [-0.2, 0) is 6.54 Å². The fourth-order valence-electron chi connectivity index (χ4n) is 1.81. The Labute approximate surface area is 135 Å². The van der Waals surface area contributed by atoms with Crippen molar-refractivity contribution in [1.29, 1.82) is 0 Å². The summed E-state index contributed by atoms with van der Waals surface area (Å²) in [6.45, 7) is 6.10. The lowest BCUT2D eigenvalue weighted by molar-refractivity contribution is 0.0166. The fourth-order valence-corrected chi connectivity index (χ4v) is 1.81. The Morgan fingerprint density at radius 3 is 2.83 bits per heavy atom. The summed E-state index contributed by atoms with van der Waals surface area (Å²) in [7, 11) is 0. The van der Waals surface area contributed by atoms with Gasteiger partial charge in [-0.05, 0) is 30.5 Å². The number of nitrogens with zero attached hydrogens (tertiary/aromatic N) is 3. The average molecular weight is 317 g/mol. The minimum Gasteiger partial charge on any atom is -0.388 e. The Bertz CT molecular complexity index is 638. The quantitative estimate of drug-likeness (QED) is 0.752. The Hall–Kier alpha value is -2.41. The summed E-state index contributed by atoms with van der Waals surface area (Å²) in [4.78, 5) is 20.1. The summed E-state index contributed by atoms with van der Waals surface area (Å²) in [5, 5.41) is 15.6. The van der Waals surface area contributed by atoms with Crippen molar-refractivity contribution in [3.05, 3.63) is 42.6 Å². The number of carbonyl (C=O) groups excluding carboxylic acids is 1. The Kier molecular flexibility index (Phi) is 5.33. The maximum absolute atomic E-state index is 11.8. The number of aromatic nitrogens is 3. The number of pyridine rings is 1. The van der Waals surface area contributed by atoms with E-state index in [1.54, 1.807) is 36.4 Å². The Morgan fingerprint density at radius 1 is 1.39 bits per heavy atom. The molecule has 7 nitrogen and oxygen atoms in total. The molecule has 124 valence electrons. The topological polar surface area (TPSA) is 92.1 Å². The molecule has 0 saturated carbocycles. The highest BCUT2D eigenvalue weighted by Crippen LogP contribution is 2.14. The molecule has 0 fully saturated rings. The van der Waals surface area contributed by atoms with Crippen LogP contribution >= 0.6 is 0 Å². The summed E-state index contributed by atoms with van der Waals surface area (Å²) in [6.07, 6.45) is 6.84. The second-order valence-electron chi connectivity index (χ2n) is 6.04. The number of carbonyl (C=O) groups is 1. The maximum atomic E-state index is 11.8. The molecule has 0 saturated heterocycles. The van der Waals surface area contributed by atoms with E-state index >= 15 is 0 Å². The van der Waals surface area contributed by atoms with E-state index in [0.29, 0.717) is 6.54 Å². The molecule has 7 heteroatoms. The zero-order valence-electron chi connectivity index (χ0n) is 13.7. The average Bonchev–Trinajstić information content (AvgIpc) is 3.05. The first-order chi connectivity index (χ1) is 10.9. The van der Waals surface area contributed by atoms with Crippen molar-refractivity contribution in [2.45, 2.75) is 32.9 Å². The van der Waals surface area contributed by atoms with Gasteiger partial charge in [-0.3, -0.25) is 4.57 Å². The first-order valence-electron chi connectivity index (χ1n) is 7.56. The van der Waals surface area contributed by atoms with Crippen LogP contribution in [0.5, 0.6) is 0 Å². The molecule has 3 N–H and O–H groups in total. The highest BCUT2D eigenvalue weighted by Gasteiger charge is 2.25. The smallest absolute Gasteiger partial charge is 0.315 e. The molecule has 0 aliphatic carbocycles. The molecular formula is C16H23N5O2. The van der Waals surface area contributed by atoms with E-state index in [2.05, 4.69) is 20.6 Å². The van der Waals surface area contributed by atoms with Crippen LogP contribution < -0.4 is 10.6 Å². The number of urea groups is 1. The van der Waals surface area contributed by atoms with Gasteiger partial charge in [0, 0.05) is 31.7 Å². The summed E-state index contributed by atoms with van der Waals surface area (Å²) >= 11 is 0. The van der Waals surface area contributed by atoms with Crippen LogP contribution in [0.1, 0.15) is 26.3 Å². The predicted octanol–water partition coefficient (Wildman–Crippen LogP) is 1.47. The number of amides is 2. The Morgan fingerprint density at radius 2 is 2.17 bits per heavy atom. The SMILES string of the molecule is CC(C)C(C)(O)CNC(=O)NCc1ccnc(-n2ccnc2)c1. The first-order valence-corrected chi connectivity index (χ1v) is 7.56. The molecule has 0 radical (unpaired) electrons. The van der Waals surface area contributed by atoms with E-state index in [0.717, 1.165) is 11.4 Å². The molecule has 1 unspecified atom stereocenters. The van der Waals surface area contributed by atoms with Crippen molar-refractivity contribution in [3.8, 4) is 5.82 Å². The molecule has 2 heterocycles. The lowest BCUT2D eigenvalue weighted by Crippen LogP contribution is -2.47. The van der Waals surface area contributed by atoms with Crippen molar-refractivity contribution in [2.75, 3.05) is 6.54 Å². The zero-order chi connectivity index (χ0) is 16.9. The largest absolute Gasteiger partial charge is 0.388 e. The monoisotopic (exact) mass is 317 g/mol. The summed E-state index contributed by atoms with van der Waals surface area (Å²) in [6, 6.07) is 3.41. The van der Waals surface area contributed by atoms with Gasteiger partial charge in [0.1, 0.15) is 12.1 Å². The van der Waals surface area contributed by atoms with Crippen LogP contribution in [0.25, 0.3) is 5.82 Å². The third-order valence-electron chi connectivity index (χ3n) is 3.88. The van der Waals surface area contributed by atoms with E-state index in [-0.39, 0.29) is 18.5 Å². The minimum absolute atomic E-state index is 0.0562. The zero-order valence-corrected chi connectivity index (χ0v) is 13.7.